The lowest BCUT2D eigenvalue weighted by atomic mass is 9.94. The molecule has 0 aromatic carbocycles. The van der Waals surface area contributed by atoms with Crippen molar-refractivity contribution in [2.45, 2.75) is 39.0 Å². The van der Waals surface area contributed by atoms with Crippen LogP contribution in [-0.4, -0.2) is 23.1 Å². The Balaban J connectivity index is 1.95. The molecular formula is C14H20N4. The first kappa shape index (κ1) is 12.8. The summed E-state index contributed by atoms with van der Waals surface area (Å²) in [6, 6.07) is 2.26. The summed E-state index contributed by atoms with van der Waals surface area (Å²) in [5, 5.41) is 8.70. The number of hydrogen-bond donors (Lipinski definition) is 0. The molecule has 4 nitrogen and oxygen atoms in total. The summed E-state index contributed by atoms with van der Waals surface area (Å²) in [7, 11) is 0. The molecule has 0 amide bonds. The number of rotatable bonds is 3. The van der Waals surface area contributed by atoms with Crippen LogP contribution in [0.5, 0.6) is 0 Å². The molecule has 0 unspecified atom stereocenters. The van der Waals surface area contributed by atoms with Gasteiger partial charge in [0.25, 0.3) is 0 Å². The Kier molecular flexibility index (Phi) is 4.14. The van der Waals surface area contributed by atoms with Gasteiger partial charge < -0.3 is 4.90 Å². The Bertz CT molecular complexity index is 410. The molecule has 1 aromatic heterocycles. The Morgan fingerprint density at radius 1 is 1.33 bits per heavy atom. The molecular weight excluding hydrogens is 224 g/mol. The van der Waals surface area contributed by atoms with E-state index in [-0.39, 0.29) is 0 Å². The van der Waals surface area contributed by atoms with Crippen molar-refractivity contribution >= 4 is 5.95 Å². The van der Waals surface area contributed by atoms with Gasteiger partial charge in [0.15, 0.2) is 0 Å². The van der Waals surface area contributed by atoms with E-state index in [2.05, 4.69) is 34.8 Å². The zero-order valence-electron chi connectivity index (χ0n) is 11.1. The molecule has 0 radical (unpaired) electrons. The fourth-order valence-electron chi connectivity index (χ4n) is 2.26. The molecule has 1 fully saturated rings. The number of anilines is 1. The highest BCUT2D eigenvalue weighted by Crippen LogP contribution is 2.23. The monoisotopic (exact) mass is 244 g/mol. The number of nitrogens with zero attached hydrogens (tertiary/aromatic N) is 4. The van der Waals surface area contributed by atoms with Gasteiger partial charge in [0, 0.05) is 31.9 Å². The second-order valence-electron chi connectivity index (χ2n) is 5.26. The maximum Gasteiger partial charge on any atom is 0.225 e. The van der Waals surface area contributed by atoms with Crippen molar-refractivity contribution in [3.63, 3.8) is 0 Å². The lowest BCUT2D eigenvalue weighted by Crippen LogP contribution is -2.34. The van der Waals surface area contributed by atoms with Crippen molar-refractivity contribution in [3.05, 3.63) is 18.0 Å². The van der Waals surface area contributed by atoms with Gasteiger partial charge in [-0.05, 0) is 30.2 Å². The van der Waals surface area contributed by atoms with Crippen LogP contribution in [0.3, 0.4) is 0 Å². The minimum atomic E-state index is 0.473. The summed E-state index contributed by atoms with van der Waals surface area (Å²) >= 11 is 0. The molecule has 0 bridgehead atoms. The van der Waals surface area contributed by atoms with Crippen LogP contribution in [-0.2, 0) is 0 Å². The first-order valence-electron chi connectivity index (χ1n) is 6.64. The van der Waals surface area contributed by atoms with E-state index >= 15 is 0 Å². The van der Waals surface area contributed by atoms with E-state index in [9.17, 15) is 0 Å². The molecule has 2 heterocycles. The fraction of sp³-hybridized carbons (Fsp3) is 0.643. The van der Waals surface area contributed by atoms with E-state index < -0.39 is 0 Å². The highest BCUT2D eigenvalue weighted by Gasteiger charge is 2.20. The zero-order valence-corrected chi connectivity index (χ0v) is 11.1. The summed E-state index contributed by atoms with van der Waals surface area (Å²) in [5.74, 6) is 1.86. The molecule has 2 rings (SSSR count). The predicted octanol–water partition coefficient (Wildman–Crippen LogP) is 2.73. The van der Waals surface area contributed by atoms with Crippen LogP contribution in [0.25, 0.3) is 0 Å². The van der Waals surface area contributed by atoms with Gasteiger partial charge >= 0.3 is 0 Å². The van der Waals surface area contributed by atoms with Crippen molar-refractivity contribution < 1.29 is 0 Å². The van der Waals surface area contributed by atoms with Crippen LogP contribution < -0.4 is 4.90 Å². The quantitative estimate of drug-likeness (QED) is 0.820. The van der Waals surface area contributed by atoms with E-state index in [1.807, 2.05) is 12.4 Å². The maximum atomic E-state index is 8.70. The first-order chi connectivity index (χ1) is 8.70. The molecule has 1 saturated heterocycles. The highest BCUT2D eigenvalue weighted by molar-refractivity contribution is 5.31. The summed E-state index contributed by atoms with van der Waals surface area (Å²) in [6.07, 6.45) is 6.68. The molecule has 18 heavy (non-hydrogen) atoms. The summed E-state index contributed by atoms with van der Waals surface area (Å²) in [4.78, 5) is 11.1. The second-order valence-corrected chi connectivity index (χ2v) is 5.26. The largest absolute Gasteiger partial charge is 0.341 e. The molecule has 0 aliphatic carbocycles. The Labute approximate surface area is 109 Å². The molecule has 1 aromatic rings. The number of aromatic nitrogens is 2. The van der Waals surface area contributed by atoms with Crippen LogP contribution in [0, 0.1) is 17.2 Å². The molecule has 0 N–H and O–H groups in total. The number of nitriles is 1. The molecule has 0 atom stereocenters. The number of hydrogen-bond acceptors (Lipinski definition) is 4. The standard InChI is InChI=1S/C14H20N4/c1-11(2)13-9-16-14(17-10-13)18-7-4-12(3-6-15)5-8-18/h9-12H,3-5,7-8H2,1-2H3. The van der Waals surface area contributed by atoms with Crippen LogP contribution in [0.1, 0.15) is 44.6 Å². The van der Waals surface area contributed by atoms with Crippen LogP contribution >= 0.6 is 0 Å². The smallest absolute Gasteiger partial charge is 0.225 e. The SMILES string of the molecule is CC(C)c1cnc(N2CCC(CC#N)CC2)nc1. The van der Waals surface area contributed by atoms with E-state index in [1.165, 1.54) is 5.56 Å². The Morgan fingerprint density at radius 3 is 2.44 bits per heavy atom. The van der Waals surface area contributed by atoms with Crippen molar-refractivity contribution in [2.75, 3.05) is 18.0 Å². The van der Waals surface area contributed by atoms with Crippen molar-refractivity contribution in [3.8, 4) is 6.07 Å². The van der Waals surface area contributed by atoms with Crippen molar-refractivity contribution in [1.82, 2.24) is 9.97 Å². The average molecular weight is 244 g/mol. The van der Waals surface area contributed by atoms with Crippen molar-refractivity contribution in [1.29, 1.82) is 5.26 Å². The summed E-state index contributed by atoms with van der Waals surface area (Å²) < 4.78 is 0. The van der Waals surface area contributed by atoms with Gasteiger partial charge in [0.05, 0.1) is 6.07 Å². The van der Waals surface area contributed by atoms with Gasteiger partial charge in [-0.2, -0.15) is 5.26 Å². The first-order valence-corrected chi connectivity index (χ1v) is 6.64. The second kappa shape index (κ2) is 5.81. The van der Waals surface area contributed by atoms with Crippen LogP contribution in [0.4, 0.5) is 5.95 Å². The van der Waals surface area contributed by atoms with Crippen LogP contribution in [0.2, 0.25) is 0 Å². The van der Waals surface area contributed by atoms with Gasteiger partial charge in [0.2, 0.25) is 5.95 Å². The van der Waals surface area contributed by atoms with Gasteiger partial charge in [-0.1, -0.05) is 13.8 Å². The van der Waals surface area contributed by atoms with E-state index in [4.69, 9.17) is 5.26 Å². The normalized spacial score (nSPS) is 16.9. The summed E-state index contributed by atoms with van der Waals surface area (Å²) in [6.45, 7) is 6.22. The fourth-order valence-corrected chi connectivity index (χ4v) is 2.26. The topological polar surface area (TPSA) is 52.8 Å². The maximum absolute atomic E-state index is 8.70. The van der Waals surface area contributed by atoms with Crippen molar-refractivity contribution in [2.24, 2.45) is 5.92 Å². The zero-order chi connectivity index (χ0) is 13.0. The number of piperidine rings is 1. The van der Waals surface area contributed by atoms with Gasteiger partial charge in [0.1, 0.15) is 0 Å². The Morgan fingerprint density at radius 2 is 1.94 bits per heavy atom. The average Bonchev–Trinajstić information content (AvgIpc) is 2.40. The third kappa shape index (κ3) is 2.98. The van der Waals surface area contributed by atoms with E-state index in [0.29, 0.717) is 18.3 Å². The minimum absolute atomic E-state index is 0.473. The molecule has 0 spiro atoms. The molecule has 0 saturated carbocycles. The Hall–Kier alpha value is -1.63. The minimum Gasteiger partial charge on any atom is -0.341 e. The predicted molar refractivity (Wildman–Crippen MR) is 71.3 cm³/mol. The van der Waals surface area contributed by atoms with Gasteiger partial charge in [-0.25, -0.2) is 9.97 Å². The molecule has 96 valence electrons. The highest BCUT2D eigenvalue weighted by atomic mass is 15.2. The summed E-state index contributed by atoms with van der Waals surface area (Å²) in [5.41, 5.74) is 1.18. The lowest BCUT2D eigenvalue weighted by Gasteiger charge is -2.31. The van der Waals surface area contributed by atoms with E-state index in [1.54, 1.807) is 0 Å². The molecule has 1 aliphatic heterocycles. The molecule has 4 heteroatoms. The third-order valence-corrected chi connectivity index (χ3v) is 3.60. The van der Waals surface area contributed by atoms with Crippen LogP contribution in [0.15, 0.2) is 12.4 Å². The van der Waals surface area contributed by atoms with E-state index in [0.717, 1.165) is 31.9 Å². The molecule has 1 aliphatic rings. The van der Waals surface area contributed by atoms with Gasteiger partial charge in [-0.3, -0.25) is 0 Å². The lowest BCUT2D eigenvalue weighted by molar-refractivity contribution is 0.409. The third-order valence-electron chi connectivity index (χ3n) is 3.60. The van der Waals surface area contributed by atoms with Gasteiger partial charge in [-0.15, -0.1) is 0 Å².